The first-order valence-electron chi connectivity index (χ1n) is 3.53. The van der Waals surface area contributed by atoms with Crippen LogP contribution in [0.25, 0.3) is 0 Å². The Morgan fingerprint density at radius 2 is 2.33 bits per heavy atom. The largest absolute Gasteiger partial charge is 0.126 e. The van der Waals surface area contributed by atoms with Gasteiger partial charge in [0, 0.05) is 5.88 Å². The molecule has 1 heteroatoms. The molecule has 0 saturated carbocycles. The average molecular weight is 147 g/mol. The topological polar surface area (TPSA) is 0 Å². The Labute approximate surface area is 62.9 Å². The standard InChI is InChI=1S/C8H15Cl/c1-3-5-6-8(4-2)7-9/h4,8H,2-3,5-7H2,1H3/t8-/m0/s1. The molecule has 0 bridgehead atoms. The Morgan fingerprint density at radius 1 is 1.67 bits per heavy atom. The van der Waals surface area contributed by atoms with E-state index in [0.717, 1.165) is 5.88 Å². The Balaban J connectivity index is 3.20. The lowest BCUT2D eigenvalue weighted by Crippen LogP contribution is -1.96. The van der Waals surface area contributed by atoms with Crippen molar-refractivity contribution in [3.05, 3.63) is 12.7 Å². The second-order valence-electron chi connectivity index (χ2n) is 2.29. The monoisotopic (exact) mass is 146 g/mol. The van der Waals surface area contributed by atoms with Crippen LogP contribution in [-0.2, 0) is 0 Å². The van der Waals surface area contributed by atoms with Gasteiger partial charge in [-0.3, -0.25) is 0 Å². The molecule has 0 aliphatic rings. The number of alkyl halides is 1. The molecule has 0 rings (SSSR count). The zero-order valence-corrected chi connectivity index (χ0v) is 6.82. The minimum Gasteiger partial charge on any atom is -0.126 e. The van der Waals surface area contributed by atoms with Crippen LogP contribution in [0.15, 0.2) is 12.7 Å². The minimum atomic E-state index is 0.534. The van der Waals surface area contributed by atoms with E-state index in [1.165, 1.54) is 19.3 Å². The van der Waals surface area contributed by atoms with E-state index in [4.69, 9.17) is 11.6 Å². The third-order valence-corrected chi connectivity index (χ3v) is 1.86. The Morgan fingerprint density at radius 3 is 2.67 bits per heavy atom. The number of halogens is 1. The summed E-state index contributed by atoms with van der Waals surface area (Å²) in [4.78, 5) is 0. The van der Waals surface area contributed by atoms with Gasteiger partial charge in [0.25, 0.3) is 0 Å². The van der Waals surface area contributed by atoms with Crippen molar-refractivity contribution in [1.82, 2.24) is 0 Å². The van der Waals surface area contributed by atoms with Crippen molar-refractivity contribution in [2.24, 2.45) is 5.92 Å². The summed E-state index contributed by atoms with van der Waals surface area (Å²) in [5.74, 6) is 1.26. The molecule has 0 aliphatic heterocycles. The second-order valence-corrected chi connectivity index (χ2v) is 2.60. The van der Waals surface area contributed by atoms with Crippen LogP contribution >= 0.6 is 11.6 Å². The van der Waals surface area contributed by atoms with Crippen molar-refractivity contribution in [1.29, 1.82) is 0 Å². The van der Waals surface area contributed by atoms with Crippen molar-refractivity contribution >= 4 is 11.6 Å². The van der Waals surface area contributed by atoms with Gasteiger partial charge in [-0.05, 0) is 12.3 Å². The first-order chi connectivity index (χ1) is 4.35. The second kappa shape index (κ2) is 6.15. The molecular weight excluding hydrogens is 132 g/mol. The van der Waals surface area contributed by atoms with E-state index in [1.54, 1.807) is 0 Å². The van der Waals surface area contributed by atoms with Crippen LogP contribution in [-0.4, -0.2) is 5.88 Å². The number of allylic oxidation sites excluding steroid dienone is 1. The van der Waals surface area contributed by atoms with Crippen LogP contribution in [0, 0.1) is 5.92 Å². The highest BCUT2D eigenvalue weighted by atomic mass is 35.5. The van der Waals surface area contributed by atoms with Crippen LogP contribution in [0.5, 0.6) is 0 Å². The third-order valence-electron chi connectivity index (χ3n) is 1.46. The summed E-state index contributed by atoms with van der Waals surface area (Å²) in [6.07, 6.45) is 5.66. The Kier molecular flexibility index (Phi) is 6.18. The third kappa shape index (κ3) is 4.53. The molecule has 0 spiro atoms. The lowest BCUT2D eigenvalue weighted by molar-refractivity contribution is 0.604. The van der Waals surface area contributed by atoms with E-state index in [1.807, 2.05) is 6.08 Å². The summed E-state index contributed by atoms with van der Waals surface area (Å²) in [7, 11) is 0. The van der Waals surface area contributed by atoms with Gasteiger partial charge in [-0.25, -0.2) is 0 Å². The fraction of sp³-hybridized carbons (Fsp3) is 0.750. The predicted octanol–water partition coefficient (Wildman–Crippen LogP) is 3.22. The van der Waals surface area contributed by atoms with Gasteiger partial charge in [-0.2, -0.15) is 0 Å². The van der Waals surface area contributed by atoms with E-state index in [0.29, 0.717) is 5.92 Å². The van der Waals surface area contributed by atoms with E-state index < -0.39 is 0 Å². The fourth-order valence-corrected chi connectivity index (χ4v) is 1.00. The highest BCUT2D eigenvalue weighted by Crippen LogP contribution is 2.10. The molecule has 0 N–H and O–H groups in total. The number of unbranched alkanes of at least 4 members (excludes halogenated alkanes) is 1. The molecule has 0 aliphatic carbocycles. The molecule has 0 unspecified atom stereocenters. The number of hydrogen-bond donors (Lipinski definition) is 0. The van der Waals surface area contributed by atoms with Gasteiger partial charge in [-0.15, -0.1) is 18.2 Å². The van der Waals surface area contributed by atoms with Crippen molar-refractivity contribution in [3.63, 3.8) is 0 Å². The van der Waals surface area contributed by atoms with Crippen LogP contribution in [0.3, 0.4) is 0 Å². The molecule has 0 nitrogen and oxygen atoms in total. The van der Waals surface area contributed by atoms with Crippen molar-refractivity contribution in [2.75, 3.05) is 5.88 Å². The fourth-order valence-electron chi connectivity index (χ4n) is 0.724. The zero-order chi connectivity index (χ0) is 7.11. The van der Waals surface area contributed by atoms with Gasteiger partial charge in [0.2, 0.25) is 0 Å². The highest BCUT2D eigenvalue weighted by molar-refractivity contribution is 6.18. The molecule has 0 aromatic carbocycles. The minimum absolute atomic E-state index is 0.534. The first-order valence-corrected chi connectivity index (χ1v) is 4.07. The van der Waals surface area contributed by atoms with E-state index in [2.05, 4.69) is 13.5 Å². The van der Waals surface area contributed by atoms with Crippen molar-refractivity contribution < 1.29 is 0 Å². The van der Waals surface area contributed by atoms with E-state index in [9.17, 15) is 0 Å². The molecule has 0 heterocycles. The summed E-state index contributed by atoms with van der Waals surface area (Å²) in [6, 6.07) is 0. The van der Waals surface area contributed by atoms with E-state index >= 15 is 0 Å². The van der Waals surface area contributed by atoms with Crippen molar-refractivity contribution in [2.45, 2.75) is 26.2 Å². The van der Waals surface area contributed by atoms with Gasteiger partial charge in [-0.1, -0.05) is 25.8 Å². The summed E-state index contributed by atoms with van der Waals surface area (Å²) in [5, 5.41) is 0. The molecule has 54 valence electrons. The summed E-state index contributed by atoms with van der Waals surface area (Å²) < 4.78 is 0. The normalized spacial score (nSPS) is 13.1. The molecule has 0 saturated heterocycles. The molecular formula is C8H15Cl. The van der Waals surface area contributed by atoms with Gasteiger partial charge < -0.3 is 0 Å². The SMILES string of the molecule is C=C[C@H](CCl)CCCC. The van der Waals surface area contributed by atoms with Gasteiger partial charge in [0.05, 0.1) is 0 Å². The van der Waals surface area contributed by atoms with Gasteiger partial charge >= 0.3 is 0 Å². The zero-order valence-electron chi connectivity index (χ0n) is 6.07. The Bertz CT molecular complexity index is 69.0. The van der Waals surface area contributed by atoms with Crippen LogP contribution in [0.1, 0.15) is 26.2 Å². The van der Waals surface area contributed by atoms with Crippen LogP contribution < -0.4 is 0 Å². The Hall–Kier alpha value is 0.0300. The maximum Gasteiger partial charge on any atom is 0.0286 e. The maximum atomic E-state index is 5.63. The molecule has 9 heavy (non-hydrogen) atoms. The first kappa shape index (κ1) is 9.03. The van der Waals surface area contributed by atoms with Crippen LogP contribution in [0.2, 0.25) is 0 Å². The van der Waals surface area contributed by atoms with Crippen molar-refractivity contribution in [3.8, 4) is 0 Å². The molecule has 0 radical (unpaired) electrons. The molecule has 1 atom stereocenters. The quantitative estimate of drug-likeness (QED) is 0.413. The molecule has 0 aromatic rings. The summed E-state index contributed by atoms with van der Waals surface area (Å²) >= 11 is 5.63. The molecule has 0 fully saturated rings. The van der Waals surface area contributed by atoms with Crippen LogP contribution in [0.4, 0.5) is 0 Å². The lowest BCUT2D eigenvalue weighted by Gasteiger charge is -2.05. The lowest BCUT2D eigenvalue weighted by atomic mass is 10.1. The van der Waals surface area contributed by atoms with E-state index in [-0.39, 0.29) is 0 Å². The summed E-state index contributed by atoms with van der Waals surface area (Å²) in [5.41, 5.74) is 0. The van der Waals surface area contributed by atoms with Gasteiger partial charge in [0.1, 0.15) is 0 Å². The smallest absolute Gasteiger partial charge is 0.0286 e. The maximum absolute atomic E-state index is 5.63. The molecule has 0 aromatic heterocycles. The predicted molar refractivity (Wildman–Crippen MR) is 43.9 cm³/mol. The average Bonchev–Trinajstić information content (AvgIpc) is 1.91. The van der Waals surface area contributed by atoms with Gasteiger partial charge in [0.15, 0.2) is 0 Å². The summed E-state index contributed by atoms with van der Waals surface area (Å²) in [6.45, 7) is 5.89. The number of hydrogen-bond acceptors (Lipinski definition) is 0. The number of rotatable bonds is 5. The highest BCUT2D eigenvalue weighted by Gasteiger charge is 1.98. The molecule has 0 amide bonds.